The first-order valence-electron chi connectivity index (χ1n) is 6.57. The predicted octanol–water partition coefficient (Wildman–Crippen LogP) is 3.67. The minimum atomic E-state index is -0.361. The van der Waals surface area contributed by atoms with E-state index in [1.807, 2.05) is 0 Å². The van der Waals surface area contributed by atoms with Crippen LogP contribution in [0.3, 0.4) is 0 Å². The first kappa shape index (κ1) is 19.4. The number of hydrogen-bond donors (Lipinski definition) is 0. The van der Waals surface area contributed by atoms with Gasteiger partial charge in [0.05, 0.1) is 0 Å². The summed E-state index contributed by atoms with van der Waals surface area (Å²) in [5.74, 6) is -0.420. The number of alkyl halides is 2. The third-order valence-electron chi connectivity index (χ3n) is 2.34. The van der Waals surface area contributed by atoms with Gasteiger partial charge in [-0.2, -0.15) is 0 Å². The van der Waals surface area contributed by atoms with E-state index in [1.54, 1.807) is 6.92 Å². The van der Waals surface area contributed by atoms with Crippen LogP contribution >= 0.6 is 45.2 Å². The first-order valence-corrected chi connectivity index (χ1v) is 9.62. The smallest absolute Gasteiger partial charge is 0.306 e. The van der Waals surface area contributed by atoms with Crippen LogP contribution in [0.2, 0.25) is 0 Å². The number of halogens is 2. The molecular formula is C13H22I2O4. The molecular weight excluding hydrogens is 474 g/mol. The van der Waals surface area contributed by atoms with E-state index in [4.69, 9.17) is 9.47 Å². The molecule has 0 saturated carbocycles. The van der Waals surface area contributed by atoms with E-state index in [2.05, 4.69) is 45.2 Å². The normalized spacial score (nSPS) is 11.9. The zero-order valence-electron chi connectivity index (χ0n) is 11.3. The van der Waals surface area contributed by atoms with Crippen molar-refractivity contribution in [3.05, 3.63) is 0 Å². The second kappa shape index (κ2) is 13.4. The highest BCUT2D eigenvalue weighted by atomic mass is 127. The lowest BCUT2D eigenvalue weighted by atomic mass is 10.2. The van der Waals surface area contributed by atoms with Gasteiger partial charge in [0.1, 0.15) is 12.7 Å². The van der Waals surface area contributed by atoms with Crippen molar-refractivity contribution < 1.29 is 19.1 Å². The van der Waals surface area contributed by atoms with Gasteiger partial charge >= 0.3 is 11.9 Å². The molecule has 0 amide bonds. The van der Waals surface area contributed by atoms with Crippen molar-refractivity contribution in [3.8, 4) is 0 Å². The molecule has 0 aliphatic carbocycles. The Morgan fingerprint density at radius 2 is 1.47 bits per heavy atom. The molecule has 0 rings (SSSR count). The lowest BCUT2D eigenvalue weighted by Crippen LogP contribution is -2.22. The number of carbonyl (C=O) groups excluding carboxylic acids is 2. The summed E-state index contributed by atoms with van der Waals surface area (Å²) in [4.78, 5) is 22.8. The summed E-state index contributed by atoms with van der Waals surface area (Å²) in [5, 5.41) is 0. The minimum absolute atomic E-state index is 0.154. The zero-order valence-corrected chi connectivity index (χ0v) is 15.6. The van der Waals surface area contributed by atoms with Crippen molar-refractivity contribution in [2.45, 2.75) is 51.6 Å². The second-order valence-electron chi connectivity index (χ2n) is 4.28. The summed E-state index contributed by atoms with van der Waals surface area (Å²) >= 11 is 4.57. The van der Waals surface area contributed by atoms with E-state index >= 15 is 0 Å². The van der Waals surface area contributed by atoms with Crippen LogP contribution < -0.4 is 0 Å². The van der Waals surface area contributed by atoms with Crippen molar-refractivity contribution in [1.29, 1.82) is 0 Å². The lowest BCUT2D eigenvalue weighted by molar-refractivity contribution is -0.158. The first-order chi connectivity index (χ1) is 9.10. The number of carbonyl (C=O) groups is 2. The van der Waals surface area contributed by atoms with E-state index in [0.29, 0.717) is 12.8 Å². The van der Waals surface area contributed by atoms with E-state index in [0.717, 1.165) is 34.5 Å². The number of esters is 2. The van der Waals surface area contributed by atoms with Gasteiger partial charge in [-0.25, -0.2) is 0 Å². The third-order valence-corrected chi connectivity index (χ3v) is 3.87. The molecule has 6 heteroatoms. The van der Waals surface area contributed by atoms with Crippen molar-refractivity contribution >= 4 is 57.1 Å². The molecule has 0 bridgehead atoms. The monoisotopic (exact) mass is 496 g/mol. The summed E-state index contributed by atoms with van der Waals surface area (Å²) in [5.41, 5.74) is 0. The average Bonchev–Trinajstić information content (AvgIpc) is 2.37. The Bertz CT molecular complexity index is 259. The Morgan fingerprint density at radius 1 is 0.947 bits per heavy atom. The topological polar surface area (TPSA) is 52.6 Å². The molecule has 0 spiro atoms. The number of ether oxygens (including phenoxy) is 2. The lowest BCUT2D eigenvalue weighted by Gasteiger charge is -2.13. The van der Waals surface area contributed by atoms with Crippen LogP contribution in [0.5, 0.6) is 0 Å². The molecule has 1 unspecified atom stereocenters. The molecule has 0 aromatic carbocycles. The summed E-state index contributed by atoms with van der Waals surface area (Å²) in [6.07, 6.45) is 4.28. The van der Waals surface area contributed by atoms with Gasteiger partial charge in [0.2, 0.25) is 0 Å². The molecule has 0 aromatic heterocycles. The average molecular weight is 496 g/mol. The Morgan fingerprint density at radius 3 is 2.00 bits per heavy atom. The number of hydrogen-bond acceptors (Lipinski definition) is 4. The molecule has 1 atom stereocenters. The van der Waals surface area contributed by atoms with E-state index < -0.39 is 0 Å². The molecule has 112 valence electrons. The van der Waals surface area contributed by atoms with E-state index in [-0.39, 0.29) is 24.6 Å². The molecule has 19 heavy (non-hydrogen) atoms. The summed E-state index contributed by atoms with van der Waals surface area (Å²) in [6.45, 7) is 1.90. The highest BCUT2D eigenvalue weighted by Gasteiger charge is 2.11. The van der Waals surface area contributed by atoms with Crippen molar-refractivity contribution in [2.24, 2.45) is 0 Å². The largest absolute Gasteiger partial charge is 0.462 e. The molecule has 0 N–H and O–H groups in total. The van der Waals surface area contributed by atoms with Crippen LogP contribution in [-0.4, -0.2) is 33.5 Å². The highest BCUT2D eigenvalue weighted by Crippen LogP contribution is 2.04. The van der Waals surface area contributed by atoms with Gasteiger partial charge in [0.25, 0.3) is 0 Å². The molecule has 0 heterocycles. The molecule has 0 aromatic rings. The molecule has 0 radical (unpaired) electrons. The minimum Gasteiger partial charge on any atom is -0.462 e. The van der Waals surface area contributed by atoms with E-state index in [1.165, 1.54) is 0 Å². The maximum atomic E-state index is 11.4. The molecule has 0 aliphatic rings. The Hall–Kier alpha value is 0.400. The van der Waals surface area contributed by atoms with E-state index in [9.17, 15) is 9.59 Å². The fourth-order valence-electron chi connectivity index (χ4n) is 1.33. The van der Waals surface area contributed by atoms with Gasteiger partial charge in [-0.05, 0) is 41.5 Å². The third kappa shape index (κ3) is 13.1. The quantitative estimate of drug-likeness (QED) is 0.190. The number of unbranched alkanes of at least 4 members (excludes halogenated alkanes) is 2. The van der Waals surface area contributed by atoms with Crippen LogP contribution in [0.1, 0.15) is 45.4 Å². The van der Waals surface area contributed by atoms with Crippen LogP contribution in [0.4, 0.5) is 0 Å². The maximum Gasteiger partial charge on any atom is 0.306 e. The summed E-state index contributed by atoms with van der Waals surface area (Å²) < 4.78 is 12.3. The summed E-state index contributed by atoms with van der Waals surface area (Å²) in [6, 6.07) is 0. The SMILES string of the molecule is CC(COC(=O)CCCCI)OC(=O)CCCCI. The van der Waals surface area contributed by atoms with Gasteiger partial charge < -0.3 is 9.47 Å². The Balaban J connectivity index is 3.59. The van der Waals surface area contributed by atoms with Crippen LogP contribution in [0, 0.1) is 0 Å². The molecule has 0 aliphatic heterocycles. The van der Waals surface area contributed by atoms with Crippen molar-refractivity contribution in [3.63, 3.8) is 0 Å². The Labute approximate surface area is 142 Å². The second-order valence-corrected chi connectivity index (χ2v) is 6.43. The van der Waals surface area contributed by atoms with Gasteiger partial charge in [-0.3, -0.25) is 9.59 Å². The van der Waals surface area contributed by atoms with Gasteiger partial charge in [-0.15, -0.1) is 0 Å². The zero-order chi connectivity index (χ0) is 14.5. The molecule has 0 saturated heterocycles. The predicted molar refractivity (Wildman–Crippen MR) is 92.0 cm³/mol. The number of rotatable bonds is 11. The fraction of sp³-hybridized carbons (Fsp3) is 0.846. The van der Waals surface area contributed by atoms with Gasteiger partial charge in [0.15, 0.2) is 0 Å². The summed E-state index contributed by atoms with van der Waals surface area (Å²) in [7, 11) is 0. The Kier molecular flexibility index (Phi) is 13.7. The van der Waals surface area contributed by atoms with Crippen LogP contribution in [-0.2, 0) is 19.1 Å². The van der Waals surface area contributed by atoms with Gasteiger partial charge in [-0.1, -0.05) is 45.2 Å². The fourth-order valence-corrected chi connectivity index (χ4v) is 2.41. The van der Waals surface area contributed by atoms with Gasteiger partial charge in [0, 0.05) is 12.8 Å². The molecule has 4 nitrogen and oxygen atoms in total. The van der Waals surface area contributed by atoms with Crippen LogP contribution in [0.15, 0.2) is 0 Å². The van der Waals surface area contributed by atoms with Crippen molar-refractivity contribution in [1.82, 2.24) is 0 Å². The van der Waals surface area contributed by atoms with Crippen LogP contribution in [0.25, 0.3) is 0 Å². The standard InChI is InChI=1S/C13H22I2O4/c1-11(19-13(17)7-3-5-9-15)10-18-12(16)6-2-4-8-14/h11H,2-10H2,1H3. The highest BCUT2D eigenvalue weighted by molar-refractivity contribution is 14.1. The maximum absolute atomic E-state index is 11.4. The van der Waals surface area contributed by atoms with Crippen molar-refractivity contribution in [2.75, 3.05) is 15.5 Å². The molecule has 0 fully saturated rings.